The Bertz CT molecular complexity index is 959. The molecule has 0 fully saturated rings. The number of carbonyl (C=O) groups is 2. The molecule has 3 aromatic rings. The second-order valence-electron chi connectivity index (χ2n) is 6.14. The molecule has 4 nitrogen and oxygen atoms in total. The summed E-state index contributed by atoms with van der Waals surface area (Å²) in [6, 6.07) is 17.0. The van der Waals surface area contributed by atoms with Crippen molar-refractivity contribution in [3.63, 3.8) is 0 Å². The summed E-state index contributed by atoms with van der Waals surface area (Å²) in [4.78, 5) is 26.3. The van der Waals surface area contributed by atoms with Crippen molar-refractivity contribution in [2.75, 3.05) is 11.9 Å². The monoisotopic (exact) mass is 379 g/mol. The summed E-state index contributed by atoms with van der Waals surface area (Å²) in [5.41, 5.74) is 3.76. The van der Waals surface area contributed by atoms with Gasteiger partial charge in [0.2, 0.25) is 0 Å². The molecule has 0 unspecified atom stereocenters. The topological polar surface area (TPSA) is 55.4 Å². The first-order valence-corrected chi connectivity index (χ1v) is 9.56. The molecule has 0 radical (unpaired) electrons. The highest BCUT2D eigenvalue weighted by molar-refractivity contribution is 7.17. The number of carbonyl (C=O) groups excluding carboxylic acids is 2. The quantitative estimate of drug-likeness (QED) is 0.599. The fourth-order valence-corrected chi connectivity index (χ4v) is 3.92. The molecule has 0 saturated carbocycles. The minimum Gasteiger partial charge on any atom is -0.462 e. The molecule has 2 aromatic carbocycles. The van der Waals surface area contributed by atoms with E-state index >= 15 is 0 Å². The number of ether oxygens (including phenoxy) is 1. The van der Waals surface area contributed by atoms with Gasteiger partial charge in [-0.05, 0) is 38.5 Å². The summed E-state index contributed by atoms with van der Waals surface area (Å²) in [5.74, 6) is -0.679. The molecule has 0 aliphatic heterocycles. The number of rotatable bonds is 5. The molecule has 0 spiro atoms. The Morgan fingerprint density at radius 1 is 1.00 bits per heavy atom. The summed E-state index contributed by atoms with van der Waals surface area (Å²) in [6.45, 7) is 5.95. The zero-order chi connectivity index (χ0) is 19.4. The van der Waals surface area contributed by atoms with Crippen LogP contribution in [-0.4, -0.2) is 18.5 Å². The van der Waals surface area contributed by atoms with Gasteiger partial charge in [-0.3, -0.25) is 4.79 Å². The Labute approximate surface area is 162 Å². The van der Waals surface area contributed by atoms with Gasteiger partial charge >= 0.3 is 5.97 Å². The van der Waals surface area contributed by atoms with E-state index in [2.05, 4.69) is 5.32 Å². The van der Waals surface area contributed by atoms with Crippen molar-refractivity contribution in [2.45, 2.75) is 20.8 Å². The fraction of sp³-hybridized carbons (Fsp3) is 0.182. The van der Waals surface area contributed by atoms with Crippen LogP contribution in [-0.2, 0) is 4.74 Å². The third-order valence-electron chi connectivity index (χ3n) is 4.17. The normalized spacial score (nSPS) is 10.5. The Hall–Kier alpha value is -2.92. The van der Waals surface area contributed by atoms with Gasteiger partial charge in [-0.2, -0.15) is 0 Å². The van der Waals surface area contributed by atoms with Crippen LogP contribution in [0.3, 0.4) is 0 Å². The van der Waals surface area contributed by atoms with Crippen molar-refractivity contribution in [1.82, 2.24) is 0 Å². The highest BCUT2D eigenvalue weighted by atomic mass is 32.1. The Morgan fingerprint density at radius 2 is 1.67 bits per heavy atom. The Kier molecular flexibility index (Phi) is 5.72. The lowest BCUT2D eigenvalue weighted by molar-refractivity contribution is 0.0529. The van der Waals surface area contributed by atoms with Gasteiger partial charge in [0.05, 0.1) is 6.61 Å². The number of thiophene rings is 1. The van der Waals surface area contributed by atoms with Crippen molar-refractivity contribution in [1.29, 1.82) is 0 Å². The molecule has 27 heavy (non-hydrogen) atoms. The molecule has 1 amide bonds. The van der Waals surface area contributed by atoms with Crippen LogP contribution in [0, 0.1) is 13.8 Å². The maximum absolute atomic E-state index is 12.7. The van der Waals surface area contributed by atoms with E-state index in [-0.39, 0.29) is 12.5 Å². The largest absolute Gasteiger partial charge is 0.462 e. The van der Waals surface area contributed by atoms with Crippen molar-refractivity contribution >= 4 is 28.2 Å². The Morgan fingerprint density at radius 3 is 2.30 bits per heavy atom. The number of esters is 1. The van der Waals surface area contributed by atoms with E-state index in [0.29, 0.717) is 16.1 Å². The molecule has 0 atom stereocenters. The van der Waals surface area contributed by atoms with E-state index < -0.39 is 5.97 Å². The highest BCUT2D eigenvalue weighted by Gasteiger charge is 2.25. The first kappa shape index (κ1) is 18.9. The number of anilines is 1. The van der Waals surface area contributed by atoms with Crippen molar-refractivity contribution in [3.05, 3.63) is 76.2 Å². The zero-order valence-corrected chi connectivity index (χ0v) is 16.4. The van der Waals surface area contributed by atoms with E-state index in [4.69, 9.17) is 4.74 Å². The molecular weight excluding hydrogens is 358 g/mol. The van der Waals surface area contributed by atoms with Crippen LogP contribution < -0.4 is 5.32 Å². The molecule has 0 aliphatic carbocycles. The summed E-state index contributed by atoms with van der Waals surface area (Å²) in [7, 11) is 0. The predicted octanol–water partition coefficient (Wildman–Crippen LogP) is 5.46. The standard InChI is InChI=1S/C22H21NO3S/c1-4-26-22(25)19-18(16-8-6-5-7-9-16)15(3)27-21(19)23-20(24)17-12-10-14(2)11-13-17/h5-13H,4H2,1-3H3,(H,23,24). The Balaban J connectivity index is 2.03. The highest BCUT2D eigenvalue weighted by Crippen LogP contribution is 2.40. The number of benzene rings is 2. The minimum atomic E-state index is -0.431. The molecule has 3 rings (SSSR count). The predicted molar refractivity (Wildman–Crippen MR) is 110 cm³/mol. The van der Waals surface area contributed by atoms with E-state index in [9.17, 15) is 9.59 Å². The molecular formula is C22H21NO3S. The van der Waals surface area contributed by atoms with Crippen molar-refractivity contribution < 1.29 is 14.3 Å². The summed E-state index contributed by atoms with van der Waals surface area (Å²) < 4.78 is 5.26. The summed E-state index contributed by atoms with van der Waals surface area (Å²) >= 11 is 1.38. The second kappa shape index (κ2) is 8.18. The average molecular weight is 379 g/mol. The molecule has 1 N–H and O–H groups in total. The molecule has 138 valence electrons. The van der Waals surface area contributed by atoms with Crippen molar-refractivity contribution in [3.8, 4) is 11.1 Å². The number of aryl methyl sites for hydroxylation is 2. The first-order valence-electron chi connectivity index (χ1n) is 8.75. The fourth-order valence-electron chi connectivity index (χ4n) is 2.86. The van der Waals surface area contributed by atoms with Crippen LogP contribution in [0.5, 0.6) is 0 Å². The molecule has 5 heteroatoms. The lowest BCUT2D eigenvalue weighted by atomic mass is 10.0. The van der Waals surface area contributed by atoms with E-state index in [1.807, 2.05) is 56.3 Å². The van der Waals surface area contributed by atoms with Crippen LogP contribution in [0.4, 0.5) is 5.00 Å². The SMILES string of the molecule is CCOC(=O)c1c(NC(=O)c2ccc(C)cc2)sc(C)c1-c1ccccc1. The van der Waals surface area contributed by atoms with Gasteiger partial charge in [0.1, 0.15) is 10.6 Å². The number of amides is 1. The van der Waals surface area contributed by atoms with Crippen LogP contribution >= 0.6 is 11.3 Å². The molecule has 1 aromatic heterocycles. The molecule has 0 aliphatic rings. The third kappa shape index (κ3) is 4.09. The number of hydrogen-bond acceptors (Lipinski definition) is 4. The minimum absolute atomic E-state index is 0.249. The van der Waals surface area contributed by atoms with Gasteiger partial charge in [-0.1, -0.05) is 48.0 Å². The van der Waals surface area contributed by atoms with Gasteiger partial charge in [0.25, 0.3) is 5.91 Å². The number of hydrogen-bond donors (Lipinski definition) is 1. The smallest absolute Gasteiger partial charge is 0.341 e. The van der Waals surface area contributed by atoms with Gasteiger partial charge < -0.3 is 10.1 Å². The van der Waals surface area contributed by atoms with Gasteiger partial charge in [0, 0.05) is 16.0 Å². The summed E-state index contributed by atoms with van der Waals surface area (Å²) in [6.07, 6.45) is 0. The number of nitrogens with one attached hydrogen (secondary N) is 1. The van der Waals surface area contributed by atoms with Gasteiger partial charge in [-0.15, -0.1) is 11.3 Å². The maximum atomic E-state index is 12.7. The maximum Gasteiger partial charge on any atom is 0.341 e. The van der Waals surface area contributed by atoms with E-state index in [1.54, 1.807) is 19.1 Å². The zero-order valence-electron chi connectivity index (χ0n) is 15.5. The van der Waals surface area contributed by atoms with Gasteiger partial charge in [-0.25, -0.2) is 4.79 Å². The molecule has 1 heterocycles. The van der Waals surface area contributed by atoms with Crippen LogP contribution in [0.25, 0.3) is 11.1 Å². The molecule has 0 bridgehead atoms. The lowest BCUT2D eigenvalue weighted by Crippen LogP contribution is -2.14. The van der Waals surface area contributed by atoms with E-state index in [1.165, 1.54) is 11.3 Å². The second-order valence-corrected chi connectivity index (χ2v) is 7.37. The van der Waals surface area contributed by atoms with E-state index in [0.717, 1.165) is 21.6 Å². The van der Waals surface area contributed by atoms with Crippen LogP contribution in [0.2, 0.25) is 0 Å². The third-order valence-corrected chi connectivity index (χ3v) is 5.19. The van der Waals surface area contributed by atoms with Crippen LogP contribution in [0.15, 0.2) is 54.6 Å². The van der Waals surface area contributed by atoms with Crippen molar-refractivity contribution in [2.24, 2.45) is 0 Å². The first-order chi connectivity index (χ1) is 13.0. The average Bonchev–Trinajstić information content (AvgIpc) is 2.99. The molecule has 0 saturated heterocycles. The van der Waals surface area contributed by atoms with Crippen LogP contribution in [0.1, 0.15) is 38.1 Å². The lowest BCUT2D eigenvalue weighted by Gasteiger charge is -2.09. The summed E-state index contributed by atoms with van der Waals surface area (Å²) in [5, 5.41) is 3.40. The van der Waals surface area contributed by atoms with Gasteiger partial charge in [0.15, 0.2) is 0 Å².